The van der Waals surface area contributed by atoms with E-state index in [1.54, 1.807) is 0 Å². The largest absolute Gasteiger partial charge is 0.369 e. The van der Waals surface area contributed by atoms with Crippen LogP contribution >= 0.6 is 15.9 Å². The van der Waals surface area contributed by atoms with E-state index in [0.29, 0.717) is 5.75 Å². The fourth-order valence-electron chi connectivity index (χ4n) is 1.83. The molecule has 1 amide bonds. The lowest BCUT2D eigenvalue weighted by Gasteiger charge is -2.04. The van der Waals surface area contributed by atoms with Crippen LogP contribution in [0.15, 0.2) is 53.0 Å². The molecule has 0 bridgehead atoms. The topological polar surface area (TPSA) is 60.2 Å². The van der Waals surface area contributed by atoms with Crippen molar-refractivity contribution in [1.29, 1.82) is 0 Å². The van der Waals surface area contributed by atoms with Gasteiger partial charge in [0.05, 0.1) is 0 Å². The second kappa shape index (κ2) is 6.81. The zero-order valence-corrected chi connectivity index (χ0v) is 13.1. The maximum Gasteiger partial charge on any atom is 0.230 e. The molecule has 5 heteroatoms. The molecular weight excluding hydrogens is 338 g/mol. The van der Waals surface area contributed by atoms with E-state index in [1.165, 1.54) is 0 Å². The van der Waals surface area contributed by atoms with Gasteiger partial charge in [-0.2, -0.15) is 0 Å². The second-order valence-electron chi connectivity index (χ2n) is 4.40. The zero-order chi connectivity index (χ0) is 14.5. The van der Waals surface area contributed by atoms with Crippen LogP contribution in [-0.2, 0) is 21.3 Å². The Morgan fingerprint density at radius 3 is 2.00 bits per heavy atom. The van der Waals surface area contributed by atoms with Gasteiger partial charge in [-0.15, -0.1) is 0 Å². The Balaban J connectivity index is 2.08. The van der Waals surface area contributed by atoms with Crippen molar-refractivity contribution in [3.8, 4) is 11.1 Å². The smallest absolute Gasteiger partial charge is 0.230 e. The highest BCUT2D eigenvalue weighted by Gasteiger charge is 2.06. The highest BCUT2D eigenvalue weighted by atomic mass is 79.9. The summed E-state index contributed by atoms with van der Waals surface area (Å²) in [4.78, 5) is 10.7. The lowest BCUT2D eigenvalue weighted by atomic mass is 10.0. The number of rotatable bonds is 5. The van der Waals surface area contributed by atoms with Crippen molar-refractivity contribution in [2.24, 2.45) is 5.73 Å². The number of nitrogens with two attached hydrogens (primary N) is 1. The monoisotopic (exact) mass is 351 g/mol. The summed E-state index contributed by atoms with van der Waals surface area (Å²) in [6.07, 6.45) is 0. The first-order valence-corrected chi connectivity index (χ1v) is 8.31. The maximum atomic E-state index is 11.6. The van der Waals surface area contributed by atoms with Crippen LogP contribution in [0.4, 0.5) is 0 Å². The zero-order valence-electron chi connectivity index (χ0n) is 10.7. The molecule has 0 spiro atoms. The molecule has 0 saturated carbocycles. The van der Waals surface area contributed by atoms with Gasteiger partial charge >= 0.3 is 0 Å². The normalized spacial score (nSPS) is 12.1. The van der Waals surface area contributed by atoms with E-state index in [1.807, 2.05) is 48.5 Å². The molecule has 3 nitrogen and oxygen atoms in total. The SMILES string of the molecule is NC(=O)C[S@](=O)Cc1ccc(-c2ccc(Br)cc2)cc1. The molecule has 2 aromatic rings. The van der Waals surface area contributed by atoms with Crippen LogP contribution < -0.4 is 5.73 Å². The molecular formula is C15H14BrNO2S. The Hall–Kier alpha value is -1.46. The van der Waals surface area contributed by atoms with Gasteiger partial charge in [-0.3, -0.25) is 9.00 Å². The quantitative estimate of drug-likeness (QED) is 0.900. The van der Waals surface area contributed by atoms with Crippen molar-refractivity contribution in [3.05, 3.63) is 58.6 Å². The summed E-state index contributed by atoms with van der Waals surface area (Å²) >= 11 is 3.40. The molecule has 0 fully saturated rings. The van der Waals surface area contributed by atoms with E-state index in [-0.39, 0.29) is 5.75 Å². The molecule has 0 unspecified atom stereocenters. The van der Waals surface area contributed by atoms with Crippen LogP contribution in [0.5, 0.6) is 0 Å². The predicted octanol–water partition coefficient (Wildman–Crippen LogP) is 2.85. The second-order valence-corrected chi connectivity index (χ2v) is 6.77. The molecule has 0 aliphatic carbocycles. The number of carbonyl (C=O) groups excluding carboxylic acids is 1. The molecule has 2 N–H and O–H groups in total. The van der Waals surface area contributed by atoms with Gasteiger partial charge in [0.15, 0.2) is 0 Å². The molecule has 0 aliphatic heterocycles. The fourth-order valence-corrected chi connectivity index (χ4v) is 3.08. The van der Waals surface area contributed by atoms with Gasteiger partial charge in [0.25, 0.3) is 0 Å². The number of hydrogen-bond donors (Lipinski definition) is 1. The minimum Gasteiger partial charge on any atom is -0.369 e. The number of hydrogen-bond acceptors (Lipinski definition) is 2. The van der Waals surface area contributed by atoms with Crippen molar-refractivity contribution in [2.75, 3.05) is 5.75 Å². The average Bonchev–Trinajstić information content (AvgIpc) is 2.39. The Morgan fingerprint density at radius 1 is 1.00 bits per heavy atom. The van der Waals surface area contributed by atoms with E-state index < -0.39 is 16.7 Å². The summed E-state index contributed by atoms with van der Waals surface area (Å²) in [5.74, 6) is -0.271. The molecule has 1 atom stereocenters. The van der Waals surface area contributed by atoms with Crippen LogP contribution in [0.25, 0.3) is 11.1 Å². The Kier molecular flexibility index (Phi) is 5.09. The maximum absolute atomic E-state index is 11.6. The first-order chi connectivity index (χ1) is 9.54. The van der Waals surface area contributed by atoms with Crippen LogP contribution in [-0.4, -0.2) is 15.9 Å². The van der Waals surface area contributed by atoms with Crippen molar-refractivity contribution in [1.82, 2.24) is 0 Å². The predicted molar refractivity (Wildman–Crippen MR) is 85.5 cm³/mol. The average molecular weight is 352 g/mol. The summed E-state index contributed by atoms with van der Waals surface area (Å²) in [5, 5.41) is 0. The van der Waals surface area contributed by atoms with Gasteiger partial charge in [-0.1, -0.05) is 52.3 Å². The highest BCUT2D eigenvalue weighted by Crippen LogP contribution is 2.22. The molecule has 2 aromatic carbocycles. The summed E-state index contributed by atoms with van der Waals surface area (Å²) in [5.41, 5.74) is 8.18. The highest BCUT2D eigenvalue weighted by molar-refractivity contribution is 9.10. The molecule has 0 aliphatic rings. The van der Waals surface area contributed by atoms with Crippen molar-refractivity contribution in [2.45, 2.75) is 5.75 Å². The fraction of sp³-hybridized carbons (Fsp3) is 0.133. The summed E-state index contributed by atoms with van der Waals surface area (Å²) in [6, 6.07) is 15.9. The van der Waals surface area contributed by atoms with Gasteiger partial charge in [0, 0.05) is 21.0 Å². The van der Waals surface area contributed by atoms with Gasteiger partial charge in [-0.25, -0.2) is 0 Å². The number of amides is 1. The number of carbonyl (C=O) groups is 1. The minimum atomic E-state index is -1.24. The van der Waals surface area contributed by atoms with Crippen LogP contribution in [0.2, 0.25) is 0 Å². The lowest BCUT2D eigenvalue weighted by molar-refractivity contribution is -0.115. The summed E-state index contributed by atoms with van der Waals surface area (Å²) in [7, 11) is -1.24. The molecule has 0 radical (unpaired) electrons. The van der Waals surface area contributed by atoms with E-state index in [2.05, 4.69) is 15.9 Å². The third-order valence-corrected chi connectivity index (χ3v) is 4.55. The number of halogens is 1. The molecule has 0 saturated heterocycles. The van der Waals surface area contributed by atoms with Crippen LogP contribution in [0, 0.1) is 0 Å². The van der Waals surface area contributed by atoms with Crippen molar-refractivity contribution < 1.29 is 9.00 Å². The third-order valence-electron chi connectivity index (χ3n) is 2.76. The summed E-state index contributed by atoms with van der Waals surface area (Å²) in [6.45, 7) is 0. The minimum absolute atomic E-state index is 0.0888. The lowest BCUT2D eigenvalue weighted by Crippen LogP contribution is -2.20. The third kappa shape index (κ3) is 4.28. The van der Waals surface area contributed by atoms with Gasteiger partial charge in [0.2, 0.25) is 5.91 Å². The molecule has 0 heterocycles. The van der Waals surface area contributed by atoms with Gasteiger partial charge in [0.1, 0.15) is 5.75 Å². The Labute approximate surface area is 128 Å². The van der Waals surface area contributed by atoms with E-state index >= 15 is 0 Å². The van der Waals surface area contributed by atoms with Crippen LogP contribution in [0.3, 0.4) is 0 Å². The summed E-state index contributed by atoms with van der Waals surface area (Å²) < 4.78 is 12.7. The van der Waals surface area contributed by atoms with Crippen LogP contribution in [0.1, 0.15) is 5.56 Å². The molecule has 20 heavy (non-hydrogen) atoms. The van der Waals surface area contributed by atoms with Crippen molar-refractivity contribution in [3.63, 3.8) is 0 Å². The first kappa shape index (κ1) is 14.9. The standard InChI is InChI=1S/C15H14BrNO2S/c16-14-7-5-13(6-8-14)12-3-1-11(2-4-12)9-20(19)10-15(17)18/h1-8H,9-10H2,(H2,17,18)/t20-/m1/s1. The van der Waals surface area contributed by atoms with Gasteiger partial charge in [-0.05, 0) is 28.8 Å². The van der Waals surface area contributed by atoms with E-state index in [0.717, 1.165) is 21.2 Å². The number of benzene rings is 2. The Morgan fingerprint density at radius 2 is 1.50 bits per heavy atom. The number of primary amides is 1. The van der Waals surface area contributed by atoms with E-state index in [4.69, 9.17) is 5.73 Å². The van der Waals surface area contributed by atoms with Crippen molar-refractivity contribution >= 4 is 32.6 Å². The van der Waals surface area contributed by atoms with Gasteiger partial charge < -0.3 is 5.73 Å². The first-order valence-electron chi connectivity index (χ1n) is 6.03. The van der Waals surface area contributed by atoms with E-state index in [9.17, 15) is 9.00 Å². The molecule has 0 aromatic heterocycles. The molecule has 104 valence electrons. The Bertz CT molecular complexity index is 623. The molecule has 2 rings (SSSR count).